The molecular formula is C26H37BN2O6. The molecule has 0 spiro atoms. The molecule has 6 rings (SSSR count). The molecule has 1 aromatic rings. The number of ether oxygens (including phenoxy) is 1. The monoisotopic (exact) mass is 484 g/mol. The Kier molecular flexibility index (Phi) is 6.28. The quantitative estimate of drug-likeness (QED) is 0.587. The molecule has 3 saturated carbocycles. The number of likely N-dealkylation sites (tertiary alicyclic amines) is 1. The SMILES string of the molecule is Cc1ccc(C(CNC(=O)OC[C@H]2CCCN2C(=O)O)B2O[C@@H]3C[C@@H]4C[C@@H](C4(C)C)[C@]3(C)O2)cc1. The number of hydrogen-bond donors (Lipinski definition) is 2. The number of carbonyl (C=O) groups excluding carboxylic acids is 1. The highest BCUT2D eigenvalue weighted by Gasteiger charge is 2.68. The average molecular weight is 484 g/mol. The second-order valence-electron chi connectivity index (χ2n) is 11.6. The van der Waals surface area contributed by atoms with Crippen molar-refractivity contribution in [3.8, 4) is 0 Å². The molecule has 1 unspecified atom stereocenters. The number of amides is 2. The van der Waals surface area contributed by atoms with Gasteiger partial charge < -0.3 is 29.4 Å². The number of nitrogens with zero attached hydrogens (tertiary/aromatic N) is 1. The predicted molar refractivity (Wildman–Crippen MR) is 131 cm³/mol. The molecule has 3 aliphatic carbocycles. The molecule has 0 aromatic heterocycles. The number of carbonyl (C=O) groups is 2. The van der Waals surface area contributed by atoms with Crippen molar-refractivity contribution in [3.63, 3.8) is 0 Å². The maximum atomic E-state index is 12.6. The first-order valence-corrected chi connectivity index (χ1v) is 12.9. The molecule has 5 aliphatic rings. The molecule has 2 aliphatic heterocycles. The number of hydrogen-bond acceptors (Lipinski definition) is 5. The zero-order chi connectivity index (χ0) is 25.0. The van der Waals surface area contributed by atoms with Crippen molar-refractivity contribution >= 4 is 19.3 Å². The Morgan fingerprint density at radius 2 is 2.00 bits per heavy atom. The summed E-state index contributed by atoms with van der Waals surface area (Å²) in [5, 5.41) is 12.2. The minimum Gasteiger partial charge on any atom is -0.465 e. The third kappa shape index (κ3) is 4.31. The number of aryl methyl sites for hydroxylation is 1. The summed E-state index contributed by atoms with van der Waals surface area (Å²) in [5.41, 5.74) is 2.14. The molecule has 6 atom stereocenters. The number of carboxylic acid groups (broad SMARTS) is 1. The van der Waals surface area contributed by atoms with Crippen molar-refractivity contribution in [3.05, 3.63) is 35.4 Å². The standard InChI is InChI=1S/C26H37BN2O6/c1-16-7-9-17(10-8-16)20(14-28-23(30)33-15-19-6-5-11-29(19)24(31)32)27-34-22-13-18-12-21(25(18,2)3)26(22,4)35-27/h7-10,18-22H,5-6,11-15H2,1-4H3,(H,28,30)(H,31,32)/t18-,19+,20?,21-,22+,26-/m0/s1. The molecule has 2 saturated heterocycles. The van der Waals surface area contributed by atoms with Crippen LogP contribution in [0.1, 0.15) is 63.4 Å². The van der Waals surface area contributed by atoms with Crippen LogP contribution in [0.5, 0.6) is 0 Å². The Hall–Kier alpha value is -2.26. The van der Waals surface area contributed by atoms with Gasteiger partial charge in [-0.3, -0.25) is 0 Å². The zero-order valence-corrected chi connectivity index (χ0v) is 21.2. The Bertz CT molecular complexity index is 971. The summed E-state index contributed by atoms with van der Waals surface area (Å²) in [6, 6.07) is 7.97. The van der Waals surface area contributed by atoms with E-state index in [2.05, 4.69) is 50.4 Å². The largest absolute Gasteiger partial charge is 0.467 e. The normalized spacial score (nSPS) is 33.6. The van der Waals surface area contributed by atoms with Gasteiger partial charge in [0.1, 0.15) is 6.61 Å². The van der Waals surface area contributed by atoms with Gasteiger partial charge in [0, 0.05) is 18.9 Å². The van der Waals surface area contributed by atoms with Crippen molar-refractivity contribution in [1.82, 2.24) is 10.2 Å². The predicted octanol–water partition coefficient (Wildman–Crippen LogP) is 4.21. The lowest BCUT2D eigenvalue weighted by Crippen LogP contribution is -2.65. The van der Waals surface area contributed by atoms with Gasteiger partial charge in [-0.25, -0.2) is 9.59 Å². The molecule has 2 bridgehead atoms. The number of alkyl carbamates (subject to hydrolysis) is 1. The van der Waals surface area contributed by atoms with Crippen molar-refractivity contribution in [2.75, 3.05) is 19.7 Å². The van der Waals surface area contributed by atoms with Crippen LogP contribution in [0.4, 0.5) is 9.59 Å². The highest BCUT2D eigenvalue weighted by atomic mass is 16.7. The molecule has 8 nitrogen and oxygen atoms in total. The molecule has 5 fully saturated rings. The van der Waals surface area contributed by atoms with Gasteiger partial charge in [-0.2, -0.15) is 0 Å². The Labute approximate surface area is 207 Å². The lowest BCUT2D eigenvalue weighted by atomic mass is 9.43. The highest BCUT2D eigenvalue weighted by Crippen LogP contribution is 2.66. The van der Waals surface area contributed by atoms with Crippen LogP contribution >= 0.6 is 0 Å². The number of nitrogens with one attached hydrogen (secondary N) is 1. The van der Waals surface area contributed by atoms with E-state index in [1.165, 1.54) is 11.3 Å². The van der Waals surface area contributed by atoms with E-state index < -0.39 is 19.3 Å². The van der Waals surface area contributed by atoms with Crippen LogP contribution in [0.25, 0.3) is 0 Å². The van der Waals surface area contributed by atoms with Crippen LogP contribution in [0.15, 0.2) is 24.3 Å². The molecule has 35 heavy (non-hydrogen) atoms. The fraction of sp³-hybridized carbons (Fsp3) is 0.692. The lowest BCUT2D eigenvalue weighted by molar-refractivity contribution is -0.199. The third-order valence-corrected chi connectivity index (χ3v) is 9.30. The molecule has 2 amide bonds. The van der Waals surface area contributed by atoms with Crippen molar-refractivity contribution < 1.29 is 28.7 Å². The van der Waals surface area contributed by atoms with Crippen LogP contribution in [0.2, 0.25) is 0 Å². The fourth-order valence-electron chi connectivity index (χ4n) is 6.93. The van der Waals surface area contributed by atoms with Crippen LogP contribution < -0.4 is 5.32 Å². The van der Waals surface area contributed by atoms with E-state index in [0.29, 0.717) is 31.3 Å². The van der Waals surface area contributed by atoms with Crippen LogP contribution in [0.3, 0.4) is 0 Å². The van der Waals surface area contributed by atoms with Gasteiger partial charge >= 0.3 is 19.3 Å². The maximum absolute atomic E-state index is 12.6. The van der Waals surface area contributed by atoms with Gasteiger partial charge in [0.05, 0.1) is 17.7 Å². The summed E-state index contributed by atoms with van der Waals surface area (Å²) in [7, 11) is -0.458. The molecule has 2 heterocycles. The van der Waals surface area contributed by atoms with E-state index in [4.69, 9.17) is 14.0 Å². The number of rotatable bonds is 6. The molecule has 1 aromatic carbocycles. The lowest BCUT2D eigenvalue weighted by Gasteiger charge is -2.64. The summed E-state index contributed by atoms with van der Waals surface area (Å²) in [5.74, 6) is 0.941. The molecule has 190 valence electrons. The molecule has 9 heteroatoms. The van der Waals surface area contributed by atoms with Gasteiger partial charge in [0.25, 0.3) is 0 Å². The van der Waals surface area contributed by atoms with Crippen molar-refractivity contribution in [2.24, 2.45) is 17.3 Å². The third-order valence-electron chi connectivity index (χ3n) is 9.30. The second-order valence-corrected chi connectivity index (χ2v) is 11.6. The Morgan fingerprint density at radius 3 is 2.69 bits per heavy atom. The van der Waals surface area contributed by atoms with Gasteiger partial charge in [-0.15, -0.1) is 0 Å². The smallest absolute Gasteiger partial charge is 0.465 e. The van der Waals surface area contributed by atoms with Gasteiger partial charge in [-0.05, 0) is 62.3 Å². The first kappa shape index (κ1) is 24.4. The van der Waals surface area contributed by atoms with E-state index in [0.717, 1.165) is 24.0 Å². The zero-order valence-electron chi connectivity index (χ0n) is 21.2. The average Bonchev–Trinajstić information content (AvgIpc) is 3.42. The Balaban J connectivity index is 1.25. The highest BCUT2D eigenvalue weighted by molar-refractivity contribution is 6.47. The van der Waals surface area contributed by atoms with Crippen LogP contribution in [0, 0.1) is 24.2 Å². The van der Waals surface area contributed by atoms with E-state index in [9.17, 15) is 14.7 Å². The summed E-state index contributed by atoms with van der Waals surface area (Å²) < 4.78 is 18.7. The van der Waals surface area contributed by atoms with Crippen molar-refractivity contribution in [2.45, 2.75) is 76.9 Å². The summed E-state index contributed by atoms with van der Waals surface area (Å²) in [6.45, 7) is 9.77. The van der Waals surface area contributed by atoms with Gasteiger partial charge in [0.15, 0.2) is 0 Å². The summed E-state index contributed by atoms with van der Waals surface area (Å²) in [4.78, 5) is 25.2. The van der Waals surface area contributed by atoms with Gasteiger partial charge in [0.2, 0.25) is 0 Å². The first-order chi connectivity index (χ1) is 16.6. The maximum Gasteiger partial charge on any atom is 0.467 e. The fourth-order valence-corrected chi connectivity index (χ4v) is 6.93. The topological polar surface area (TPSA) is 97.3 Å². The first-order valence-electron chi connectivity index (χ1n) is 12.9. The van der Waals surface area contributed by atoms with E-state index in [-0.39, 0.29) is 35.6 Å². The summed E-state index contributed by atoms with van der Waals surface area (Å²) >= 11 is 0. The van der Waals surface area contributed by atoms with E-state index in [1.54, 1.807) is 0 Å². The van der Waals surface area contributed by atoms with Crippen LogP contribution in [-0.4, -0.2) is 66.8 Å². The molecule has 0 radical (unpaired) electrons. The molecular weight excluding hydrogens is 447 g/mol. The summed E-state index contributed by atoms with van der Waals surface area (Å²) in [6.07, 6.45) is 2.22. The number of benzene rings is 1. The van der Waals surface area contributed by atoms with Crippen molar-refractivity contribution in [1.29, 1.82) is 0 Å². The Morgan fingerprint density at radius 1 is 1.26 bits per heavy atom. The minimum absolute atomic E-state index is 0.0576. The van der Waals surface area contributed by atoms with Gasteiger partial charge in [-0.1, -0.05) is 43.7 Å². The molecule has 2 N–H and O–H groups in total. The van der Waals surface area contributed by atoms with E-state index in [1.807, 2.05) is 6.92 Å². The second kappa shape index (κ2) is 9.00. The van der Waals surface area contributed by atoms with Crippen LogP contribution in [-0.2, 0) is 14.0 Å². The van der Waals surface area contributed by atoms with E-state index >= 15 is 0 Å². The minimum atomic E-state index is -0.970.